The molecule has 2 saturated carbocycles. The van der Waals surface area contributed by atoms with E-state index in [0.29, 0.717) is 25.7 Å². The van der Waals surface area contributed by atoms with Gasteiger partial charge >= 0.3 is 0 Å². The van der Waals surface area contributed by atoms with Crippen LogP contribution in [-0.2, 0) is 9.59 Å². The summed E-state index contributed by atoms with van der Waals surface area (Å²) in [5.41, 5.74) is -2.85. The van der Waals surface area contributed by atoms with Crippen LogP contribution in [0.1, 0.15) is 52.4 Å². The number of hydrogen-bond donors (Lipinski definition) is 2. The smallest absolute Gasteiger partial charge is 0.149 e. The van der Waals surface area contributed by atoms with Crippen molar-refractivity contribution in [3.8, 4) is 0 Å². The first kappa shape index (κ1) is 12.7. The predicted octanol–water partition coefficient (Wildman–Crippen LogP) is 0.981. The molecule has 2 rings (SSSR count). The van der Waals surface area contributed by atoms with Gasteiger partial charge in [-0.1, -0.05) is 0 Å². The molecule has 2 atom stereocenters. The fraction of sp³-hybridized carbons (Fsp3) is 0.846. The Kier molecular flexibility index (Phi) is 2.71. The van der Waals surface area contributed by atoms with Crippen LogP contribution in [0.2, 0.25) is 0 Å². The molecule has 2 aliphatic carbocycles. The molecule has 17 heavy (non-hydrogen) atoms. The Morgan fingerprint density at radius 3 is 1.47 bits per heavy atom. The van der Waals surface area contributed by atoms with E-state index in [0.717, 1.165) is 0 Å². The van der Waals surface area contributed by atoms with Crippen molar-refractivity contribution in [2.24, 2.45) is 5.41 Å². The van der Waals surface area contributed by atoms with Crippen LogP contribution >= 0.6 is 0 Å². The molecule has 4 nitrogen and oxygen atoms in total. The zero-order valence-corrected chi connectivity index (χ0v) is 10.5. The fourth-order valence-electron chi connectivity index (χ4n) is 3.01. The van der Waals surface area contributed by atoms with E-state index in [4.69, 9.17) is 0 Å². The quantitative estimate of drug-likeness (QED) is 0.619. The number of ketones is 2. The zero-order valence-electron chi connectivity index (χ0n) is 10.5. The highest BCUT2D eigenvalue weighted by Gasteiger charge is 2.54. The first-order valence-corrected chi connectivity index (χ1v) is 6.18. The average Bonchev–Trinajstić information content (AvgIpc) is 2.13. The van der Waals surface area contributed by atoms with Crippen LogP contribution < -0.4 is 0 Å². The van der Waals surface area contributed by atoms with Gasteiger partial charge in [-0.15, -0.1) is 0 Å². The molecule has 2 fully saturated rings. The van der Waals surface area contributed by atoms with Gasteiger partial charge in [-0.25, -0.2) is 0 Å². The van der Waals surface area contributed by atoms with E-state index in [2.05, 4.69) is 0 Å². The summed E-state index contributed by atoms with van der Waals surface area (Å²) in [5.74, 6) is -0.288. The van der Waals surface area contributed by atoms with Crippen LogP contribution in [0.25, 0.3) is 0 Å². The van der Waals surface area contributed by atoms with Gasteiger partial charge in [0.25, 0.3) is 0 Å². The van der Waals surface area contributed by atoms with Crippen molar-refractivity contribution in [2.45, 2.75) is 63.6 Å². The number of carbonyl (C=O) groups is 2. The lowest BCUT2D eigenvalue weighted by Crippen LogP contribution is -2.53. The lowest BCUT2D eigenvalue weighted by Gasteiger charge is -2.45. The molecular weight excluding hydrogens is 220 g/mol. The summed E-state index contributed by atoms with van der Waals surface area (Å²) in [7, 11) is 0. The maximum Gasteiger partial charge on any atom is 0.149 e. The van der Waals surface area contributed by atoms with Gasteiger partial charge in [0, 0.05) is 12.8 Å². The third-order valence-electron chi connectivity index (χ3n) is 4.33. The Labute approximate surface area is 101 Å². The van der Waals surface area contributed by atoms with Crippen molar-refractivity contribution in [3.05, 3.63) is 0 Å². The summed E-state index contributed by atoms with van der Waals surface area (Å²) in [5, 5.41) is 19.7. The molecule has 4 heteroatoms. The summed E-state index contributed by atoms with van der Waals surface area (Å²) >= 11 is 0. The van der Waals surface area contributed by atoms with E-state index in [1.807, 2.05) is 0 Å². The molecule has 0 amide bonds. The average molecular weight is 240 g/mol. The molecular formula is C13H20O4. The largest absolute Gasteiger partial charge is 0.390 e. The van der Waals surface area contributed by atoms with Gasteiger partial charge in [0.15, 0.2) is 0 Å². The molecule has 2 N–H and O–H groups in total. The number of aliphatic hydroxyl groups is 2. The molecule has 0 saturated heterocycles. The molecule has 0 heterocycles. The van der Waals surface area contributed by atoms with Gasteiger partial charge in [0.2, 0.25) is 0 Å². The van der Waals surface area contributed by atoms with E-state index < -0.39 is 16.6 Å². The lowest BCUT2D eigenvalue weighted by atomic mass is 9.59. The third kappa shape index (κ3) is 2.16. The highest BCUT2D eigenvalue weighted by Crippen LogP contribution is 2.47. The van der Waals surface area contributed by atoms with Gasteiger partial charge < -0.3 is 10.2 Å². The molecule has 0 aromatic carbocycles. The minimum absolute atomic E-state index is 0.0564. The van der Waals surface area contributed by atoms with E-state index in [1.54, 1.807) is 13.8 Å². The van der Waals surface area contributed by atoms with Crippen LogP contribution in [0, 0.1) is 5.41 Å². The summed E-state index contributed by atoms with van der Waals surface area (Å²) in [6, 6.07) is 0. The third-order valence-corrected chi connectivity index (χ3v) is 4.33. The topological polar surface area (TPSA) is 74.6 Å². The summed E-state index contributed by atoms with van der Waals surface area (Å²) in [6.45, 7) is 3.28. The van der Waals surface area contributed by atoms with Crippen LogP contribution in [0.4, 0.5) is 0 Å². The summed E-state index contributed by atoms with van der Waals surface area (Å²) in [4.78, 5) is 24.3. The highest BCUT2D eigenvalue weighted by molar-refractivity contribution is 6.08. The van der Waals surface area contributed by atoms with Gasteiger partial charge in [0.1, 0.15) is 11.6 Å². The van der Waals surface area contributed by atoms with Crippen LogP contribution in [0.15, 0.2) is 0 Å². The molecule has 0 aliphatic heterocycles. The monoisotopic (exact) mass is 240 g/mol. The second-order valence-corrected chi connectivity index (χ2v) is 6.28. The standard InChI is InChI=1S/C13H20O4/c1-11(16)3-5-13(9(14)7-11)6-4-12(2,17)8-10(13)15/h16-17H,3-8H2,1-2H3/t11-,12-,13?/m1/s1. The Hall–Kier alpha value is -0.740. The minimum atomic E-state index is -0.970. The van der Waals surface area contributed by atoms with E-state index in [1.165, 1.54) is 0 Å². The molecule has 0 radical (unpaired) electrons. The maximum atomic E-state index is 12.1. The molecule has 2 aliphatic rings. The van der Waals surface area contributed by atoms with Crippen molar-refractivity contribution in [1.82, 2.24) is 0 Å². The van der Waals surface area contributed by atoms with Gasteiger partial charge in [-0.3, -0.25) is 9.59 Å². The summed E-state index contributed by atoms with van der Waals surface area (Å²) < 4.78 is 0. The van der Waals surface area contributed by atoms with Gasteiger partial charge in [-0.05, 0) is 39.5 Å². The second-order valence-electron chi connectivity index (χ2n) is 6.28. The number of carbonyl (C=O) groups excluding carboxylic acids is 2. The van der Waals surface area contributed by atoms with Crippen molar-refractivity contribution in [1.29, 1.82) is 0 Å². The van der Waals surface area contributed by atoms with Crippen LogP contribution in [-0.4, -0.2) is 33.0 Å². The SMILES string of the molecule is C[C@@]1(O)CCC2(CC[C@@](C)(O)CC2=O)C(=O)C1. The number of Topliss-reactive ketones (excluding diaryl/α,β-unsaturated/α-hetero) is 2. The molecule has 0 unspecified atom stereocenters. The van der Waals surface area contributed by atoms with Crippen LogP contribution in [0.5, 0.6) is 0 Å². The predicted molar refractivity (Wildman–Crippen MR) is 61.4 cm³/mol. The zero-order chi connectivity index (χ0) is 12.9. The van der Waals surface area contributed by atoms with Crippen molar-refractivity contribution >= 4 is 11.6 Å². The Bertz CT molecular complexity index is 332. The van der Waals surface area contributed by atoms with Gasteiger partial charge in [0.05, 0.1) is 16.6 Å². The Morgan fingerprint density at radius 1 is 0.824 bits per heavy atom. The van der Waals surface area contributed by atoms with Crippen molar-refractivity contribution < 1.29 is 19.8 Å². The normalized spacial score (nSPS) is 47.5. The molecule has 1 spiro atoms. The van der Waals surface area contributed by atoms with Crippen molar-refractivity contribution in [3.63, 3.8) is 0 Å². The lowest BCUT2D eigenvalue weighted by molar-refractivity contribution is -0.158. The number of hydrogen-bond acceptors (Lipinski definition) is 4. The second kappa shape index (κ2) is 3.62. The maximum absolute atomic E-state index is 12.1. The highest BCUT2D eigenvalue weighted by atomic mass is 16.3. The Balaban J connectivity index is 2.22. The molecule has 96 valence electrons. The summed E-state index contributed by atoms with van der Waals surface area (Å²) in [6.07, 6.45) is 1.92. The number of rotatable bonds is 0. The van der Waals surface area contributed by atoms with E-state index in [9.17, 15) is 19.8 Å². The first-order valence-electron chi connectivity index (χ1n) is 6.18. The van der Waals surface area contributed by atoms with Crippen LogP contribution in [0.3, 0.4) is 0 Å². The van der Waals surface area contributed by atoms with E-state index >= 15 is 0 Å². The molecule has 0 aromatic heterocycles. The van der Waals surface area contributed by atoms with E-state index in [-0.39, 0.29) is 24.4 Å². The molecule has 0 bridgehead atoms. The fourth-order valence-corrected chi connectivity index (χ4v) is 3.01. The van der Waals surface area contributed by atoms with Crippen molar-refractivity contribution in [2.75, 3.05) is 0 Å². The first-order chi connectivity index (χ1) is 7.67. The van der Waals surface area contributed by atoms with Gasteiger partial charge in [-0.2, -0.15) is 0 Å². The minimum Gasteiger partial charge on any atom is -0.390 e. The molecule has 0 aromatic rings. The Morgan fingerprint density at radius 2 is 1.18 bits per heavy atom.